The van der Waals surface area contributed by atoms with Gasteiger partial charge < -0.3 is 5.73 Å². The summed E-state index contributed by atoms with van der Waals surface area (Å²) in [6.45, 7) is 13.0. The lowest BCUT2D eigenvalue weighted by molar-refractivity contribution is 0.0809. The van der Waals surface area contributed by atoms with Crippen molar-refractivity contribution in [1.82, 2.24) is 4.90 Å². The first-order valence-electron chi connectivity index (χ1n) is 8.45. The van der Waals surface area contributed by atoms with Gasteiger partial charge in [0.25, 0.3) is 0 Å². The molecule has 0 atom stereocenters. The van der Waals surface area contributed by atoms with Gasteiger partial charge in [-0.1, -0.05) is 34.6 Å². The monoisotopic (exact) mass is 268 g/mol. The second-order valence-corrected chi connectivity index (χ2v) is 7.31. The van der Waals surface area contributed by atoms with E-state index in [-0.39, 0.29) is 0 Å². The molecule has 1 aliphatic carbocycles. The summed E-state index contributed by atoms with van der Waals surface area (Å²) in [5.74, 6) is 1.59. The Morgan fingerprint density at radius 2 is 1.42 bits per heavy atom. The minimum absolute atomic E-state index is 0.462. The van der Waals surface area contributed by atoms with Gasteiger partial charge >= 0.3 is 0 Å². The average Bonchev–Trinajstić information content (AvgIpc) is 2.30. The Morgan fingerprint density at radius 3 is 1.79 bits per heavy atom. The second-order valence-electron chi connectivity index (χ2n) is 7.31. The molecule has 2 nitrogen and oxygen atoms in total. The van der Waals surface area contributed by atoms with Crippen molar-refractivity contribution in [1.29, 1.82) is 0 Å². The zero-order valence-corrected chi connectivity index (χ0v) is 13.9. The Labute approximate surface area is 121 Å². The van der Waals surface area contributed by atoms with Crippen LogP contribution in [0.25, 0.3) is 0 Å². The third kappa shape index (κ3) is 5.83. The van der Waals surface area contributed by atoms with Crippen molar-refractivity contribution < 1.29 is 0 Å². The van der Waals surface area contributed by atoms with Gasteiger partial charge in [0.15, 0.2) is 0 Å². The third-order valence-corrected chi connectivity index (χ3v) is 4.53. The standard InChI is InChI=1S/C17H36N2/c1-6-19(16-9-7-15(18)8-10-16)17(11-13(2)3)12-14(4)5/h13-17H,6-12,18H2,1-5H3. The van der Waals surface area contributed by atoms with Crippen molar-refractivity contribution >= 4 is 0 Å². The lowest BCUT2D eigenvalue weighted by Crippen LogP contribution is -2.47. The summed E-state index contributed by atoms with van der Waals surface area (Å²) < 4.78 is 0. The zero-order chi connectivity index (χ0) is 14.4. The molecular formula is C17H36N2. The lowest BCUT2D eigenvalue weighted by atomic mass is 9.87. The Kier molecular flexibility index (Phi) is 7.38. The van der Waals surface area contributed by atoms with Gasteiger partial charge in [-0.3, -0.25) is 4.90 Å². The van der Waals surface area contributed by atoms with E-state index in [0.717, 1.165) is 23.9 Å². The van der Waals surface area contributed by atoms with E-state index in [0.29, 0.717) is 6.04 Å². The summed E-state index contributed by atoms with van der Waals surface area (Å²) in [5, 5.41) is 0. The van der Waals surface area contributed by atoms with E-state index in [1.54, 1.807) is 0 Å². The van der Waals surface area contributed by atoms with E-state index in [1.165, 1.54) is 45.1 Å². The van der Waals surface area contributed by atoms with Crippen LogP contribution in [0, 0.1) is 11.8 Å². The molecule has 1 rings (SSSR count). The number of nitrogens with two attached hydrogens (primary N) is 1. The van der Waals surface area contributed by atoms with Crippen molar-refractivity contribution in [3.63, 3.8) is 0 Å². The van der Waals surface area contributed by atoms with E-state index in [1.807, 2.05) is 0 Å². The largest absolute Gasteiger partial charge is 0.328 e. The Morgan fingerprint density at radius 1 is 0.947 bits per heavy atom. The van der Waals surface area contributed by atoms with Crippen LogP contribution in [0.3, 0.4) is 0 Å². The van der Waals surface area contributed by atoms with Crippen LogP contribution in [-0.4, -0.2) is 29.6 Å². The molecule has 1 fully saturated rings. The van der Waals surface area contributed by atoms with Crippen molar-refractivity contribution in [2.45, 2.75) is 91.3 Å². The van der Waals surface area contributed by atoms with Crippen LogP contribution < -0.4 is 5.73 Å². The molecule has 0 radical (unpaired) electrons. The molecule has 1 aliphatic rings. The maximum atomic E-state index is 6.06. The van der Waals surface area contributed by atoms with Crippen LogP contribution in [0.5, 0.6) is 0 Å². The molecule has 2 heteroatoms. The first kappa shape index (κ1) is 17.0. The molecule has 19 heavy (non-hydrogen) atoms. The first-order valence-corrected chi connectivity index (χ1v) is 8.45. The molecule has 1 saturated carbocycles. The van der Waals surface area contributed by atoms with Gasteiger partial charge in [-0.25, -0.2) is 0 Å². The molecule has 0 aromatic rings. The maximum absolute atomic E-state index is 6.06. The Hall–Kier alpha value is -0.0800. The SMILES string of the molecule is CCN(C1CCC(N)CC1)C(CC(C)C)CC(C)C. The fourth-order valence-corrected chi connectivity index (χ4v) is 3.70. The highest BCUT2D eigenvalue weighted by Gasteiger charge is 2.29. The maximum Gasteiger partial charge on any atom is 0.0103 e. The molecule has 0 spiro atoms. The average molecular weight is 268 g/mol. The first-order chi connectivity index (χ1) is 8.93. The molecule has 2 N–H and O–H groups in total. The van der Waals surface area contributed by atoms with Crippen LogP contribution in [0.15, 0.2) is 0 Å². The number of rotatable bonds is 7. The molecular weight excluding hydrogens is 232 g/mol. The lowest BCUT2D eigenvalue weighted by Gasteiger charge is -2.42. The van der Waals surface area contributed by atoms with Gasteiger partial charge in [-0.05, 0) is 56.9 Å². The predicted molar refractivity (Wildman–Crippen MR) is 85.3 cm³/mol. The normalized spacial score (nSPS) is 24.9. The highest BCUT2D eigenvalue weighted by Crippen LogP contribution is 2.28. The number of nitrogens with zero attached hydrogens (tertiary/aromatic N) is 1. The smallest absolute Gasteiger partial charge is 0.0103 e. The quantitative estimate of drug-likeness (QED) is 0.755. The van der Waals surface area contributed by atoms with E-state index in [4.69, 9.17) is 5.73 Å². The summed E-state index contributed by atoms with van der Waals surface area (Å²) in [6, 6.07) is 2.01. The zero-order valence-electron chi connectivity index (χ0n) is 13.9. The summed E-state index contributed by atoms with van der Waals surface area (Å²) >= 11 is 0. The highest BCUT2D eigenvalue weighted by atomic mass is 15.2. The summed E-state index contributed by atoms with van der Waals surface area (Å²) in [6.07, 6.45) is 7.74. The van der Waals surface area contributed by atoms with E-state index in [9.17, 15) is 0 Å². The van der Waals surface area contributed by atoms with Gasteiger partial charge in [0.05, 0.1) is 0 Å². The van der Waals surface area contributed by atoms with Gasteiger partial charge in [0, 0.05) is 18.1 Å². The molecule has 114 valence electrons. The van der Waals surface area contributed by atoms with Crippen molar-refractivity contribution in [3.8, 4) is 0 Å². The van der Waals surface area contributed by atoms with Crippen molar-refractivity contribution in [2.24, 2.45) is 17.6 Å². The fourth-order valence-electron chi connectivity index (χ4n) is 3.70. The fraction of sp³-hybridized carbons (Fsp3) is 1.00. The van der Waals surface area contributed by atoms with Crippen LogP contribution in [0.1, 0.15) is 73.1 Å². The minimum Gasteiger partial charge on any atom is -0.328 e. The van der Waals surface area contributed by atoms with E-state index < -0.39 is 0 Å². The molecule has 0 unspecified atom stereocenters. The summed E-state index contributed by atoms with van der Waals surface area (Å²) in [4.78, 5) is 2.80. The molecule has 0 aromatic carbocycles. The van der Waals surface area contributed by atoms with Crippen LogP contribution in [0.4, 0.5) is 0 Å². The van der Waals surface area contributed by atoms with Gasteiger partial charge in [0.1, 0.15) is 0 Å². The molecule has 0 heterocycles. The van der Waals surface area contributed by atoms with Crippen LogP contribution in [-0.2, 0) is 0 Å². The summed E-state index contributed by atoms with van der Waals surface area (Å²) in [7, 11) is 0. The number of hydrogen-bond donors (Lipinski definition) is 1. The second kappa shape index (κ2) is 8.26. The summed E-state index contributed by atoms with van der Waals surface area (Å²) in [5.41, 5.74) is 6.06. The van der Waals surface area contributed by atoms with E-state index in [2.05, 4.69) is 39.5 Å². The van der Waals surface area contributed by atoms with Gasteiger partial charge in [-0.2, -0.15) is 0 Å². The topological polar surface area (TPSA) is 29.3 Å². The Bertz CT molecular complexity index is 219. The van der Waals surface area contributed by atoms with Gasteiger partial charge in [0.2, 0.25) is 0 Å². The highest BCUT2D eigenvalue weighted by molar-refractivity contribution is 4.85. The van der Waals surface area contributed by atoms with Gasteiger partial charge in [-0.15, -0.1) is 0 Å². The van der Waals surface area contributed by atoms with Crippen LogP contribution in [0.2, 0.25) is 0 Å². The predicted octanol–water partition coefficient (Wildman–Crippen LogP) is 4.04. The van der Waals surface area contributed by atoms with Crippen LogP contribution >= 0.6 is 0 Å². The minimum atomic E-state index is 0.462. The molecule has 0 amide bonds. The Balaban J connectivity index is 2.65. The number of hydrogen-bond acceptors (Lipinski definition) is 2. The van der Waals surface area contributed by atoms with Crippen molar-refractivity contribution in [3.05, 3.63) is 0 Å². The molecule has 0 aliphatic heterocycles. The molecule has 0 saturated heterocycles. The van der Waals surface area contributed by atoms with Crippen molar-refractivity contribution in [2.75, 3.05) is 6.54 Å². The molecule has 0 bridgehead atoms. The molecule has 0 aromatic heterocycles. The van der Waals surface area contributed by atoms with E-state index >= 15 is 0 Å². The third-order valence-electron chi connectivity index (χ3n) is 4.53.